The van der Waals surface area contributed by atoms with Crippen LogP contribution in [0.2, 0.25) is 0 Å². The van der Waals surface area contributed by atoms with Gasteiger partial charge >= 0.3 is 0 Å². The third kappa shape index (κ3) is 2.88. The summed E-state index contributed by atoms with van der Waals surface area (Å²) in [7, 11) is 2.09. The van der Waals surface area contributed by atoms with Crippen LogP contribution >= 0.6 is 0 Å². The van der Waals surface area contributed by atoms with E-state index in [-0.39, 0.29) is 0 Å². The highest BCUT2D eigenvalue weighted by molar-refractivity contribution is 5.76. The first-order chi connectivity index (χ1) is 9.33. The standard InChI is InChI=1S/C14H19N3O2/c1-17(6-4-12-9-15-5-7-18-12)11-2-3-13-14(8-11)19-10-16-13/h2-3,8,10,12,15H,4-7,9H2,1H3. The molecule has 1 fully saturated rings. The van der Waals surface area contributed by atoms with E-state index >= 15 is 0 Å². The summed E-state index contributed by atoms with van der Waals surface area (Å²) in [5.41, 5.74) is 2.88. The molecule has 1 aliphatic rings. The molecule has 1 aromatic carbocycles. The SMILES string of the molecule is CN(CCC1CNCCO1)c1ccc2ncoc2c1. The zero-order valence-corrected chi connectivity index (χ0v) is 11.1. The number of benzene rings is 1. The summed E-state index contributed by atoms with van der Waals surface area (Å²) in [4.78, 5) is 6.35. The van der Waals surface area contributed by atoms with Crippen molar-refractivity contribution in [1.82, 2.24) is 10.3 Å². The van der Waals surface area contributed by atoms with Gasteiger partial charge in [-0.1, -0.05) is 0 Å². The average Bonchev–Trinajstić information content (AvgIpc) is 2.93. The van der Waals surface area contributed by atoms with Gasteiger partial charge in [-0.25, -0.2) is 4.98 Å². The molecule has 1 unspecified atom stereocenters. The zero-order chi connectivity index (χ0) is 13.1. The number of rotatable bonds is 4. The molecule has 0 spiro atoms. The Hall–Kier alpha value is -1.59. The minimum absolute atomic E-state index is 0.324. The molecule has 2 heterocycles. The number of fused-ring (bicyclic) bond motifs is 1. The van der Waals surface area contributed by atoms with E-state index in [1.54, 1.807) is 0 Å². The molecule has 102 valence electrons. The molecular formula is C14H19N3O2. The van der Waals surface area contributed by atoms with E-state index in [4.69, 9.17) is 9.15 Å². The number of hydrogen-bond donors (Lipinski definition) is 1. The molecule has 1 aromatic heterocycles. The Kier molecular flexibility index (Phi) is 3.66. The number of morpholine rings is 1. The average molecular weight is 261 g/mol. The zero-order valence-electron chi connectivity index (χ0n) is 11.1. The summed E-state index contributed by atoms with van der Waals surface area (Å²) in [5, 5.41) is 3.35. The van der Waals surface area contributed by atoms with E-state index in [9.17, 15) is 0 Å². The molecule has 1 saturated heterocycles. The predicted octanol–water partition coefficient (Wildman–Crippen LogP) is 1.64. The normalized spacial score (nSPS) is 19.7. The van der Waals surface area contributed by atoms with Crippen LogP contribution in [-0.2, 0) is 4.74 Å². The Morgan fingerprint density at radius 3 is 3.26 bits per heavy atom. The number of oxazole rings is 1. The second-order valence-electron chi connectivity index (χ2n) is 4.91. The van der Waals surface area contributed by atoms with Gasteiger partial charge in [0.2, 0.25) is 0 Å². The number of ether oxygens (including phenoxy) is 1. The van der Waals surface area contributed by atoms with Gasteiger partial charge in [-0.15, -0.1) is 0 Å². The maximum atomic E-state index is 5.70. The summed E-state index contributed by atoms with van der Waals surface area (Å²) >= 11 is 0. The molecule has 5 heteroatoms. The van der Waals surface area contributed by atoms with Crippen molar-refractivity contribution in [2.75, 3.05) is 38.2 Å². The first-order valence-corrected chi connectivity index (χ1v) is 6.69. The molecule has 3 rings (SSSR count). The number of aromatic nitrogens is 1. The van der Waals surface area contributed by atoms with Crippen LogP contribution in [0.25, 0.3) is 11.1 Å². The van der Waals surface area contributed by atoms with E-state index in [1.165, 1.54) is 6.39 Å². The van der Waals surface area contributed by atoms with Gasteiger partial charge in [0.1, 0.15) is 5.52 Å². The van der Waals surface area contributed by atoms with Crippen LogP contribution in [-0.4, -0.2) is 44.4 Å². The van der Waals surface area contributed by atoms with Gasteiger partial charge in [0.25, 0.3) is 0 Å². The molecule has 19 heavy (non-hydrogen) atoms. The number of hydrogen-bond acceptors (Lipinski definition) is 5. The van der Waals surface area contributed by atoms with E-state index in [2.05, 4.69) is 28.3 Å². The topological polar surface area (TPSA) is 50.5 Å². The fourth-order valence-corrected chi connectivity index (χ4v) is 2.35. The smallest absolute Gasteiger partial charge is 0.181 e. The summed E-state index contributed by atoms with van der Waals surface area (Å²) in [6.07, 6.45) is 2.83. The number of nitrogens with one attached hydrogen (secondary N) is 1. The van der Waals surface area contributed by atoms with Crippen LogP contribution in [0.1, 0.15) is 6.42 Å². The summed E-state index contributed by atoms with van der Waals surface area (Å²) in [6, 6.07) is 6.09. The summed E-state index contributed by atoms with van der Waals surface area (Å²) in [6.45, 7) is 3.70. The molecule has 2 aromatic rings. The lowest BCUT2D eigenvalue weighted by atomic mass is 10.2. The maximum absolute atomic E-state index is 5.70. The Balaban J connectivity index is 1.60. The van der Waals surface area contributed by atoms with Gasteiger partial charge in [-0.05, 0) is 18.6 Å². The van der Waals surface area contributed by atoms with Gasteiger partial charge in [-0.2, -0.15) is 0 Å². The summed E-state index contributed by atoms with van der Waals surface area (Å²) < 4.78 is 11.0. The first-order valence-electron chi connectivity index (χ1n) is 6.69. The second kappa shape index (κ2) is 5.59. The lowest BCUT2D eigenvalue weighted by molar-refractivity contribution is 0.0250. The highest BCUT2D eigenvalue weighted by Gasteiger charge is 2.14. The highest BCUT2D eigenvalue weighted by Crippen LogP contribution is 2.20. The monoisotopic (exact) mass is 261 g/mol. The molecule has 1 atom stereocenters. The highest BCUT2D eigenvalue weighted by atomic mass is 16.5. The van der Waals surface area contributed by atoms with Crippen LogP contribution in [0.5, 0.6) is 0 Å². The molecule has 1 N–H and O–H groups in total. The van der Waals surface area contributed by atoms with Gasteiger partial charge in [0.15, 0.2) is 12.0 Å². The minimum Gasteiger partial charge on any atom is -0.443 e. The fraction of sp³-hybridized carbons (Fsp3) is 0.500. The van der Waals surface area contributed by atoms with Crippen molar-refractivity contribution < 1.29 is 9.15 Å². The Morgan fingerprint density at radius 2 is 2.42 bits per heavy atom. The molecule has 0 radical (unpaired) electrons. The minimum atomic E-state index is 0.324. The van der Waals surface area contributed by atoms with Gasteiger partial charge in [0.05, 0.1) is 12.7 Å². The Labute approximate surface area is 112 Å². The molecule has 0 amide bonds. The summed E-state index contributed by atoms with van der Waals surface area (Å²) in [5.74, 6) is 0. The van der Waals surface area contributed by atoms with Crippen LogP contribution in [0, 0.1) is 0 Å². The third-order valence-corrected chi connectivity index (χ3v) is 3.55. The van der Waals surface area contributed by atoms with Crippen molar-refractivity contribution in [3.05, 3.63) is 24.6 Å². The number of anilines is 1. The van der Waals surface area contributed by atoms with Gasteiger partial charge in [-0.3, -0.25) is 0 Å². The van der Waals surface area contributed by atoms with Crippen LogP contribution in [0.15, 0.2) is 29.0 Å². The second-order valence-corrected chi connectivity index (χ2v) is 4.91. The first kappa shape index (κ1) is 12.4. The van der Waals surface area contributed by atoms with Gasteiger partial charge in [0, 0.05) is 38.4 Å². The van der Waals surface area contributed by atoms with E-state index in [0.717, 1.165) is 49.4 Å². The quantitative estimate of drug-likeness (QED) is 0.906. The predicted molar refractivity (Wildman–Crippen MR) is 74.5 cm³/mol. The van der Waals surface area contributed by atoms with Crippen molar-refractivity contribution in [2.24, 2.45) is 0 Å². The molecule has 0 bridgehead atoms. The van der Waals surface area contributed by atoms with Crippen LogP contribution < -0.4 is 10.2 Å². The van der Waals surface area contributed by atoms with Crippen molar-refractivity contribution in [1.29, 1.82) is 0 Å². The van der Waals surface area contributed by atoms with Crippen molar-refractivity contribution >= 4 is 16.8 Å². The van der Waals surface area contributed by atoms with Crippen LogP contribution in [0.4, 0.5) is 5.69 Å². The lowest BCUT2D eigenvalue weighted by Gasteiger charge is -2.26. The third-order valence-electron chi connectivity index (χ3n) is 3.55. The van der Waals surface area contributed by atoms with E-state index < -0.39 is 0 Å². The molecule has 5 nitrogen and oxygen atoms in total. The Bertz CT molecular complexity index is 534. The van der Waals surface area contributed by atoms with Gasteiger partial charge < -0.3 is 19.4 Å². The van der Waals surface area contributed by atoms with Crippen molar-refractivity contribution in [2.45, 2.75) is 12.5 Å². The molecule has 0 saturated carbocycles. The van der Waals surface area contributed by atoms with Crippen molar-refractivity contribution in [3.8, 4) is 0 Å². The van der Waals surface area contributed by atoms with Crippen molar-refractivity contribution in [3.63, 3.8) is 0 Å². The van der Waals surface area contributed by atoms with E-state index in [0.29, 0.717) is 6.10 Å². The van der Waals surface area contributed by atoms with E-state index in [1.807, 2.05) is 12.1 Å². The largest absolute Gasteiger partial charge is 0.443 e. The molecular weight excluding hydrogens is 242 g/mol. The fourth-order valence-electron chi connectivity index (χ4n) is 2.35. The Morgan fingerprint density at radius 1 is 1.47 bits per heavy atom. The maximum Gasteiger partial charge on any atom is 0.181 e. The number of nitrogens with zero attached hydrogens (tertiary/aromatic N) is 2. The molecule has 0 aliphatic carbocycles. The lowest BCUT2D eigenvalue weighted by Crippen LogP contribution is -2.40. The van der Waals surface area contributed by atoms with Crippen LogP contribution in [0.3, 0.4) is 0 Å². The molecule has 1 aliphatic heterocycles.